The third kappa shape index (κ3) is 4.05. The third-order valence-electron chi connectivity index (χ3n) is 3.80. The van der Waals surface area contributed by atoms with Crippen LogP contribution in [0.4, 0.5) is 10.1 Å². The summed E-state index contributed by atoms with van der Waals surface area (Å²) in [6.45, 7) is 0. The number of rotatable bonds is 6. The van der Waals surface area contributed by atoms with E-state index in [4.69, 9.17) is 4.74 Å². The number of carbonyl (C=O) groups excluding carboxylic acids is 1. The molecule has 1 N–H and O–H groups in total. The zero-order chi connectivity index (χ0) is 18.5. The van der Waals surface area contributed by atoms with E-state index in [0.29, 0.717) is 16.6 Å². The number of carbonyl (C=O) groups is 1. The number of nitrogens with one attached hydrogen (secondary N) is 1. The third-order valence-corrected chi connectivity index (χ3v) is 4.84. The van der Waals surface area contributed by atoms with Crippen molar-refractivity contribution in [3.8, 4) is 17.0 Å². The van der Waals surface area contributed by atoms with E-state index in [1.165, 1.54) is 23.9 Å². The molecule has 0 saturated heterocycles. The zero-order valence-electron chi connectivity index (χ0n) is 14.4. The van der Waals surface area contributed by atoms with Crippen LogP contribution in [0, 0.1) is 5.82 Å². The molecule has 0 bridgehead atoms. The van der Waals surface area contributed by atoms with Crippen molar-refractivity contribution in [2.24, 2.45) is 7.05 Å². The first kappa shape index (κ1) is 18.0. The predicted molar refractivity (Wildman–Crippen MR) is 101 cm³/mol. The molecule has 2 aromatic carbocycles. The summed E-state index contributed by atoms with van der Waals surface area (Å²) < 4.78 is 20.2. The second-order valence-electron chi connectivity index (χ2n) is 5.53. The second kappa shape index (κ2) is 8.05. The van der Waals surface area contributed by atoms with E-state index in [1.54, 1.807) is 37.6 Å². The number of hydrogen-bond donors (Lipinski definition) is 1. The standard InChI is InChI=1S/C19H18FN3O2S/c1-23-16(13-7-9-14(20)10-8-13)11-21-19(23)26-12-18(24)22-15-5-3-4-6-17(15)25-2/h3-11H,12H2,1-2H3,(H,22,24). The van der Waals surface area contributed by atoms with E-state index in [0.717, 1.165) is 11.3 Å². The van der Waals surface area contributed by atoms with Gasteiger partial charge in [-0.15, -0.1) is 0 Å². The molecule has 134 valence electrons. The van der Waals surface area contributed by atoms with Crippen LogP contribution in [-0.4, -0.2) is 28.3 Å². The molecule has 1 heterocycles. The van der Waals surface area contributed by atoms with Crippen molar-refractivity contribution in [1.82, 2.24) is 9.55 Å². The number of aromatic nitrogens is 2. The number of nitrogens with zero attached hydrogens (tertiary/aromatic N) is 2. The Bertz CT molecular complexity index is 909. The van der Waals surface area contributed by atoms with Gasteiger partial charge in [-0.3, -0.25) is 4.79 Å². The van der Waals surface area contributed by atoms with Crippen molar-refractivity contribution in [3.05, 3.63) is 60.5 Å². The van der Waals surface area contributed by atoms with E-state index in [-0.39, 0.29) is 17.5 Å². The van der Waals surface area contributed by atoms with Crippen molar-refractivity contribution in [3.63, 3.8) is 0 Å². The van der Waals surface area contributed by atoms with Crippen molar-refractivity contribution in [2.75, 3.05) is 18.2 Å². The molecule has 1 amide bonds. The Labute approximate surface area is 155 Å². The summed E-state index contributed by atoms with van der Waals surface area (Å²) in [6, 6.07) is 13.5. The molecule has 0 spiro atoms. The first-order valence-electron chi connectivity index (χ1n) is 7.92. The van der Waals surface area contributed by atoms with Gasteiger partial charge in [-0.25, -0.2) is 9.37 Å². The minimum Gasteiger partial charge on any atom is -0.495 e. The number of ether oxygens (including phenoxy) is 1. The zero-order valence-corrected chi connectivity index (χ0v) is 15.2. The van der Waals surface area contributed by atoms with Gasteiger partial charge < -0.3 is 14.6 Å². The molecular weight excluding hydrogens is 353 g/mol. The van der Waals surface area contributed by atoms with Gasteiger partial charge in [-0.1, -0.05) is 23.9 Å². The van der Waals surface area contributed by atoms with Gasteiger partial charge >= 0.3 is 0 Å². The van der Waals surface area contributed by atoms with Crippen LogP contribution in [-0.2, 0) is 11.8 Å². The lowest BCUT2D eigenvalue weighted by Gasteiger charge is -2.10. The smallest absolute Gasteiger partial charge is 0.234 e. The maximum Gasteiger partial charge on any atom is 0.234 e. The number of hydrogen-bond acceptors (Lipinski definition) is 4. The molecule has 0 fully saturated rings. The highest BCUT2D eigenvalue weighted by Gasteiger charge is 2.12. The summed E-state index contributed by atoms with van der Waals surface area (Å²) in [5.74, 6) is 0.400. The number of thioether (sulfide) groups is 1. The average molecular weight is 371 g/mol. The number of methoxy groups -OCH3 is 1. The van der Waals surface area contributed by atoms with Crippen LogP contribution >= 0.6 is 11.8 Å². The lowest BCUT2D eigenvalue weighted by molar-refractivity contribution is -0.113. The lowest BCUT2D eigenvalue weighted by atomic mass is 10.2. The first-order valence-corrected chi connectivity index (χ1v) is 8.90. The van der Waals surface area contributed by atoms with Crippen LogP contribution in [0.2, 0.25) is 0 Å². The lowest BCUT2D eigenvalue weighted by Crippen LogP contribution is -2.15. The fourth-order valence-corrected chi connectivity index (χ4v) is 3.23. The monoisotopic (exact) mass is 371 g/mol. The molecule has 0 atom stereocenters. The Hall–Kier alpha value is -2.80. The van der Waals surface area contributed by atoms with Gasteiger partial charge in [0.05, 0.1) is 30.4 Å². The van der Waals surface area contributed by atoms with Gasteiger partial charge in [0.2, 0.25) is 5.91 Å². The summed E-state index contributed by atoms with van der Waals surface area (Å²) >= 11 is 1.33. The van der Waals surface area contributed by atoms with E-state index < -0.39 is 0 Å². The van der Waals surface area contributed by atoms with Crippen molar-refractivity contribution < 1.29 is 13.9 Å². The quantitative estimate of drug-likeness (QED) is 0.666. The summed E-state index contributed by atoms with van der Waals surface area (Å²) in [5, 5.41) is 3.54. The Morgan fingerprint density at radius 2 is 1.96 bits per heavy atom. The van der Waals surface area contributed by atoms with Crippen LogP contribution in [0.15, 0.2) is 59.9 Å². The van der Waals surface area contributed by atoms with Crippen molar-refractivity contribution >= 4 is 23.4 Å². The summed E-state index contributed by atoms with van der Waals surface area (Å²) in [5.41, 5.74) is 2.36. The van der Waals surface area contributed by atoms with Crippen LogP contribution in [0.25, 0.3) is 11.3 Å². The molecule has 0 radical (unpaired) electrons. The van der Waals surface area contributed by atoms with Gasteiger partial charge in [-0.2, -0.15) is 0 Å². The number of para-hydroxylation sites is 2. The van der Waals surface area contributed by atoms with E-state index in [2.05, 4.69) is 10.3 Å². The van der Waals surface area contributed by atoms with Gasteiger partial charge in [0, 0.05) is 7.05 Å². The molecule has 3 rings (SSSR count). The molecular formula is C19H18FN3O2S. The Morgan fingerprint density at radius 3 is 2.69 bits per heavy atom. The highest BCUT2D eigenvalue weighted by molar-refractivity contribution is 7.99. The number of anilines is 1. The van der Waals surface area contributed by atoms with Gasteiger partial charge in [0.25, 0.3) is 0 Å². The second-order valence-corrected chi connectivity index (χ2v) is 6.47. The summed E-state index contributed by atoms with van der Waals surface area (Å²) in [4.78, 5) is 16.6. The normalized spacial score (nSPS) is 10.6. The number of imidazole rings is 1. The summed E-state index contributed by atoms with van der Waals surface area (Å²) in [7, 11) is 3.43. The number of amides is 1. The number of benzene rings is 2. The SMILES string of the molecule is COc1ccccc1NC(=O)CSc1ncc(-c2ccc(F)cc2)n1C. The molecule has 3 aromatic rings. The fraction of sp³-hybridized carbons (Fsp3) is 0.158. The molecule has 7 heteroatoms. The van der Waals surface area contributed by atoms with E-state index in [9.17, 15) is 9.18 Å². The van der Waals surface area contributed by atoms with Crippen LogP contribution in [0.3, 0.4) is 0 Å². The van der Waals surface area contributed by atoms with Gasteiger partial charge in [0.15, 0.2) is 5.16 Å². The fourth-order valence-electron chi connectivity index (χ4n) is 2.48. The Morgan fingerprint density at radius 1 is 1.23 bits per heavy atom. The number of halogens is 1. The molecule has 0 aliphatic carbocycles. The van der Waals surface area contributed by atoms with Crippen LogP contribution in [0.1, 0.15) is 0 Å². The maximum absolute atomic E-state index is 13.1. The molecule has 0 aliphatic rings. The largest absolute Gasteiger partial charge is 0.495 e. The topological polar surface area (TPSA) is 56.1 Å². The van der Waals surface area contributed by atoms with Crippen LogP contribution < -0.4 is 10.1 Å². The molecule has 5 nitrogen and oxygen atoms in total. The summed E-state index contributed by atoms with van der Waals surface area (Å²) in [6.07, 6.45) is 1.72. The van der Waals surface area contributed by atoms with Gasteiger partial charge in [0.1, 0.15) is 11.6 Å². The average Bonchev–Trinajstić information content (AvgIpc) is 3.02. The van der Waals surface area contributed by atoms with E-state index in [1.807, 2.05) is 23.7 Å². The van der Waals surface area contributed by atoms with E-state index >= 15 is 0 Å². The van der Waals surface area contributed by atoms with Crippen molar-refractivity contribution in [2.45, 2.75) is 5.16 Å². The first-order chi connectivity index (χ1) is 12.6. The molecule has 26 heavy (non-hydrogen) atoms. The van der Waals surface area contributed by atoms with Crippen LogP contribution in [0.5, 0.6) is 5.75 Å². The molecule has 0 saturated carbocycles. The molecule has 0 unspecified atom stereocenters. The Kier molecular flexibility index (Phi) is 5.58. The van der Waals surface area contributed by atoms with Gasteiger partial charge in [-0.05, 0) is 42.0 Å². The maximum atomic E-state index is 13.1. The highest BCUT2D eigenvalue weighted by atomic mass is 32.2. The highest BCUT2D eigenvalue weighted by Crippen LogP contribution is 2.26. The minimum absolute atomic E-state index is 0.147. The Balaban J connectivity index is 1.65. The van der Waals surface area contributed by atoms with Crippen molar-refractivity contribution in [1.29, 1.82) is 0 Å². The predicted octanol–water partition coefficient (Wildman–Crippen LogP) is 3.97. The minimum atomic E-state index is -0.279. The molecule has 0 aliphatic heterocycles. The molecule has 1 aromatic heterocycles.